The molecule has 2 aromatic rings. The Morgan fingerprint density at radius 1 is 1.24 bits per heavy atom. The van der Waals surface area contributed by atoms with Gasteiger partial charge in [-0.2, -0.15) is 5.10 Å². The number of nitrogens with one attached hydrogen (secondary N) is 1. The van der Waals surface area contributed by atoms with Gasteiger partial charge in [-0.25, -0.2) is 0 Å². The van der Waals surface area contributed by atoms with Crippen molar-refractivity contribution in [3.63, 3.8) is 0 Å². The molecule has 1 N–H and O–H groups in total. The zero-order chi connectivity index (χ0) is 17.7. The topological polar surface area (TPSA) is 40.0 Å². The Bertz CT molecular complexity index is 882. The molecule has 0 fully saturated rings. The van der Waals surface area contributed by atoms with Gasteiger partial charge in [-0.15, -0.1) is 11.3 Å². The van der Waals surface area contributed by atoms with E-state index in [1.54, 1.807) is 0 Å². The molecule has 1 aromatic carbocycles. The zero-order valence-electron chi connectivity index (χ0n) is 14.8. The first-order valence-corrected chi connectivity index (χ1v) is 9.77. The summed E-state index contributed by atoms with van der Waals surface area (Å²) in [7, 11) is 0. The maximum atomic E-state index is 6.10. The number of aliphatic imine (C=N–C) groups is 1. The summed E-state index contributed by atoms with van der Waals surface area (Å²) in [5.41, 5.74) is 7.89. The van der Waals surface area contributed by atoms with Gasteiger partial charge >= 0.3 is 0 Å². The van der Waals surface area contributed by atoms with Crippen LogP contribution in [0.15, 0.2) is 34.4 Å². The van der Waals surface area contributed by atoms with Crippen LogP contribution in [0.2, 0.25) is 5.02 Å². The molecule has 3 heterocycles. The van der Waals surface area contributed by atoms with Gasteiger partial charge in [-0.1, -0.05) is 30.7 Å². The Kier molecular flexibility index (Phi) is 4.08. The number of halogens is 1. The summed E-state index contributed by atoms with van der Waals surface area (Å²) in [6.45, 7) is 8.67. The number of benzene rings is 1. The normalized spacial score (nSPS) is 21.9. The summed E-state index contributed by atoms with van der Waals surface area (Å²) in [6.07, 6.45) is 1.05. The maximum absolute atomic E-state index is 6.10. The Morgan fingerprint density at radius 2 is 1.96 bits per heavy atom. The molecule has 2 atom stereocenters. The number of nitrogens with zero attached hydrogens (tertiary/aromatic N) is 3. The van der Waals surface area contributed by atoms with Crippen molar-refractivity contribution in [3.05, 3.63) is 50.9 Å². The molecular weight excluding hydrogens is 352 g/mol. The first kappa shape index (κ1) is 16.6. The predicted octanol–water partition coefficient (Wildman–Crippen LogP) is 4.72. The van der Waals surface area contributed by atoms with E-state index in [1.165, 1.54) is 21.0 Å². The SMILES string of the molecule is CCC1N=C(c2ccc(Cl)cc2)c2c(sc(C)c2C)N2C1=NNC2C. The summed E-state index contributed by atoms with van der Waals surface area (Å²) < 4.78 is 0. The average molecular weight is 373 g/mol. The second-order valence-electron chi connectivity index (χ2n) is 6.52. The van der Waals surface area contributed by atoms with Gasteiger partial charge in [0.15, 0.2) is 5.84 Å². The molecule has 4 rings (SSSR count). The van der Waals surface area contributed by atoms with Crippen molar-refractivity contribution >= 4 is 39.5 Å². The lowest BCUT2D eigenvalue weighted by Gasteiger charge is -2.24. The Labute approximate surface area is 157 Å². The number of hydrogen-bond acceptors (Lipinski definition) is 5. The van der Waals surface area contributed by atoms with Crippen LogP contribution in [0.4, 0.5) is 5.00 Å². The molecular formula is C19H21ClN4S. The number of anilines is 1. The van der Waals surface area contributed by atoms with E-state index in [1.807, 2.05) is 23.5 Å². The van der Waals surface area contributed by atoms with Crippen LogP contribution in [0.5, 0.6) is 0 Å². The minimum absolute atomic E-state index is 0.0439. The molecule has 2 aliphatic rings. The summed E-state index contributed by atoms with van der Waals surface area (Å²) in [4.78, 5) is 8.79. The van der Waals surface area contributed by atoms with Crippen LogP contribution >= 0.6 is 22.9 Å². The van der Waals surface area contributed by atoms with Crippen LogP contribution in [-0.2, 0) is 0 Å². The van der Waals surface area contributed by atoms with Gasteiger partial charge in [0.05, 0.1) is 5.71 Å². The van der Waals surface area contributed by atoms with Gasteiger partial charge in [0.25, 0.3) is 0 Å². The fraction of sp³-hybridized carbons (Fsp3) is 0.368. The zero-order valence-corrected chi connectivity index (χ0v) is 16.4. The van der Waals surface area contributed by atoms with Crippen LogP contribution in [0.3, 0.4) is 0 Å². The lowest BCUT2D eigenvalue weighted by molar-refractivity contribution is 0.634. The maximum Gasteiger partial charge on any atom is 0.156 e. The summed E-state index contributed by atoms with van der Waals surface area (Å²) in [5, 5.41) is 6.58. The van der Waals surface area contributed by atoms with Gasteiger partial charge in [0.2, 0.25) is 0 Å². The smallest absolute Gasteiger partial charge is 0.156 e. The molecule has 1 aromatic heterocycles. The van der Waals surface area contributed by atoms with E-state index in [4.69, 9.17) is 16.6 Å². The van der Waals surface area contributed by atoms with Crippen LogP contribution in [0.1, 0.15) is 41.8 Å². The van der Waals surface area contributed by atoms with E-state index in [2.05, 4.69) is 55.3 Å². The van der Waals surface area contributed by atoms with Gasteiger partial charge in [-0.3, -0.25) is 15.3 Å². The largest absolute Gasteiger partial charge is 0.295 e. The first-order valence-electron chi connectivity index (χ1n) is 8.57. The number of fused-ring (bicyclic) bond motifs is 3. The second-order valence-corrected chi connectivity index (χ2v) is 8.16. The van der Waals surface area contributed by atoms with E-state index >= 15 is 0 Å². The molecule has 0 saturated heterocycles. The molecule has 0 radical (unpaired) electrons. The van der Waals surface area contributed by atoms with Gasteiger partial charge in [-0.05, 0) is 44.9 Å². The van der Waals surface area contributed by atoms with Crippen LogP contribution in [-0.4, -0.2) is 23.8 Å². The number of thiophene rings is 1. The van der Waals surface area contributed by atoms with Gasteiger partial charge in [0.1, 0.15) is 17.2 Å². The molecule has 2 unspecified atom stereocenters. The third-order valence-electron chi connectivity index (χ3n) is 4.91. The lowest BCUT2D eigenvalue weighted by atomic mass is 9.99. The molecule has 25 heavy (non-hydrogen) atoms. The molecule has 130 valence electrons. The van der Waals surface area contributed by atoms with Crippen LogP contribution in [0, 0.1) is 13.8 Å². The molecule has 2 aliphatic heterocycles. The number of hydrogen-bond donors (Lipinski definition) is 1. The van der Waals surface area contributed by atoms with Crippen molar-refractivity contribution < 1.29 is 0 Å². The third-order valence-corrected chi connectivity index (χ3v) is 6.37. The highest BCUT2D eigenvalue weighted by molar-refractivity contribution is 7.17. The average Bonchev–Trinajstić information content (AvgIpc) is 3.06. The Morgan fingerprint density at radius 3 is 2.64 bits per heavy atom. The molecule has 6 heteroatoms. The minimum atomic E-state index is 0.0439. The number of rotatable bonds is 2. The van der Waals surface area contributed by atoms with E-state index in [0.29, 0.717) is 0 Å². The predicted molar refractivity (Wildman–Crippen MR) is 107 cm³/mol. The summed E-state index contributed by atoms with van der Waals surface area (Å²) >= 11 is 7.92. The Balaban J connectivity index is 1.99. The molecule has 0 amide bonds. The van der Waals surface area contributed by atoms with Gasteiger partial charge < -0.3 is 0 Å². The summed E-state index contributed by atoms with van der Waals surface area (Å²) in [6, 6.07) is 8.03. The van der Waals surface area contributed by atoms with Crippen molar-refractivity contribution in [2.75, 3.05) is 4.90 Å². The standard InChI is InChI=1S/C19H21ClN4S/c1-5-15-18-23-22-12(4)24(18)19-16(10(2)11(3)25-19)17(21-15)13-6-8-14(20)9-7-13/h6-9,12,15,22H,5H2,1-4H3. The second kappa shape index (κ2) is 6.15. The van der Waals surface area contributed by atoms with Crippen LogP contribution in [0.25, 0.3) is 0 Å². The molecule has 0 saturated carbocycles. The van der Waals surface area contributed by atoms with Gasteiger partial charge in [0, 0.05) is 21.0 Å². The quantitative estimate of drug-likeness (QED) is 0.828. The fourth-order valence-corrected chi connectivity index (χ4v) is 4.79. The van der Waals surface area contributed by atoms with E-state index in [-0.39, 0.29) is 12.2 Å². The highest BCUT2D eigenvalue weighted by atomic mass is 35.5. The highest BCUT2D eigenvalue weighted by Crippen LogP contribution is 2.41. The highest BCUT2D eigenvalue weighted by Gasteiger charge is 2.38. The Hall–Kier alpha value is -1.85. The van der Waals surface area contributed by atoms with Crippen molar-refractivity contribution in [1.82, 2.24) is 5.43 Å². The fourth-order valence-electron chi connectivity index (χ4n) is 3.42. The first-order chi connectivity index (χ1) is 12.0. The van der Waals surface area contributed by atoms with Crippen molar-refractivity contribution in [2.24, 2.45) is 10.1 Å². The van der Waals surface area contributed by atoms with E-state index in [9.17, 15) is 0 Å². The number of amidine groups is 1. The van der Waals surface area contributed by atoms with E-state index in [0.717, 1.165) is 28.6 Å². The van der Waals surface area contributed by atoms with Crippen LogP contribution < -0.4 is 10.3 Å². The molecule has 0 aliphatic carbocycles. The minimum Gasteiger partial charge on any atom is -0.295 e. The molecule has 0 bridgehead atoms. The molecule has 4 nitrogen and oxygen atoms in total. The number of hydrazone groups is 1. The third kappa shape index (κ3) is 2.57. The monoisotopic (exact) mass is 372 g/mol. The lowest BCUT2D eigenvalue weighted by Crippen LogP contribution is -2.41. The van der Waals surface area contributed by atoms with Crippen molar-refractivity contribution in [3.8, 4) is 0 Å². The van der Waals surface area contributed by atoms with Crippen molar-refractivity contribution in [2.45, 2.75) is 46.3 Å². The molecule has 0 spiro atoms. The summed E-state index contributed by atoms with van der Waals surface area (Å²) in [5.74, 6) is 1.02. The van der Waals surface area contributed by atoms with Crippen molar-refractivity contribution in [1.29, 1.82) is 0 Å². The number of aryl methyl sites for hydroxylation is 1. The van der Waals surface area contributed by atoms with E-state index < -0.39 is 0 Å².